The van der Waals surface area contributed by atoms with Crippen LogP contribution in [0.25, 0.3) is 0 Å². The lowest BCUT2D eigenvalue weighted by molar-refractivity contribution is -0.114. The molecule has 0 N–H and O–H groups in total. The Morgan fingerprint density at radius 2 is 1.86 bits per heavy atom. The van der Waals surface area contributed by atoms with E-state index in [9.17, 15) is 9.59 Å². The molecule has 0 bridgehead atoms. The van der Waals surface area contributed by atoms with Crippen molar-refractivity contribution in [2.24, 2.45) is 0 Å². The predicted octanol–water partition coefficient (Wildman–Crippen LogP) is 3.80. The van der Waals surface area contributed by atoms with Crippen LogP contribution in [0.15, 0.2) is 40.9 Å². The van der Waals surface area contributed by atoms with Gasteiger partial charge >= 0.3 is 0 Å². The number of nitrogens with zero attached hydrogens (tertiary/aromatic N) is 1. The van der Waals surface area contributed by atoms with Crippen molar-refractivity contribution in [1.82, 2.24) is 0 Å². The maximum atomic E-state index is 12.3. The minimum absolute atomic E-state index is 0.418. The molecule has 1 heterocycles. The summed E-state index contributed by atoms with van der Waals surface area (Å²) < 4.78 is 0.668. The summed E-state index contributed by atoms with van der Waals surface area (Å²) in [6, 6.07) is 11.6. The van der Waals surface area contributed by atoms with Crippen molar-refractivity contribution in [3.05, 3.63) is 63.1 Å². The predicted molar refractivity (Wildman–Crippen MR) is 85.6 cm³/mol. The van der Waals surface area contributed by atoms with Crippen LogP contribution >= 0.6 is 15.9 Å². The SMILES string of the molecule is Cc1ccc(C)c(CN2C(=O)C(=O)c3c(Br)cccc32)c1. The molecule has 0 spiro atoms. The molecule has 2 aromatic rings. The fourth-order valence-corrected chi connectivity index (χ4v) is 3.14. The number of amides is 1. The molecule has 0 saturated carbocycles. The first-order valence-corrected chi connectivity index (χ1v) is 7.49. The molecule has 0 radical (unpaired) electrons. The van der Waals surface area contributed by atoms with E-state index in [1.165, 1.54) is 0 Å². The average Bonchev–Trinajstić information content (AvgIpc) is 2.69. The van der Waals surface area contributed by atoms with Crippen LogP contribution in [-0.4, -0.2) is 11.7 Å². The second kappa shape index (κ2) is 5.11. The second-order valence-corrected chi connectivity index (χ2v) is 6.14. The highest BCUT2D eigenvalue weighted by molar-refractivity contribution is 9.10. The Balaban J connectivity index is 2.05. The molecule has 1 aliphatic heterocycles. The van der Waals surface area contributed by atoms with Gasteiger partial charge in [-0.3, -0.25) is 9.59 Å². The highest BCUT2D eigenvalue weighted by atomic mass is 79.9. The summed E-state index contributed by atoms with van der Waals surface area (Å²) in [5, 5.41) is 0. The Bertz CT molecular complexity index is 767. The van der Waals surface area contributed by atoms with Gasteiger partial charge in [0.25, 0.3) is 11.7 Å². The van der Waals surface area contributed by atoms with Gasteiger partial charge in [-0.1, -0.05) is 29.8 Å². The van der Waals surface area contributed by atoms with Gasteiger partial charge in [0.2, 0.25) is 0 Å². The average molecular weight is 344 g/mol. The third-order valence-electron chi connectivity index (χ3n) is 3.78. The van der Waals surface area contributed by atoms with Crippen LogP contribution in [0.1, 0.15) is 27.0 Å². The van der Waals surface area contributed by atoms with Gasteiger partial charge in [-0.2, -0.15) is 0 Å². The number of halogens is 1. The molecule has 1 aliphatic rings. The molecule has 106 valence electrons. The summed E-state index contributed by atoms with van der Waals surface area (Å²) in [5.41, 5.74) is 4.46. The van der Waals surface area contributed by atoms with E-state index >= 15 is 0 Å². The maximum Gasteiger partial charge on any atom is 0.299 e. The zero-order chi connectivity index (χ0) is 15.1. The number of ketones is 1. The van der Waals surface area contributed by atoms with Crippen LogP contribution in [0.2, 0.25) is 0 Å². The van der Waals surface area contributed by atoms with Gasteiger partial charge in [-0.25, -0.2) is 0 Å². The summed E-state index contributed by atoms with van der Waals surface area (Å²) in [5.74, 6) is -0.902. The molecule has 4 heteroatoms. The number of anilines is 1. The summed E-state index contributed by atoms with van der Waals surface area (Å²) >= 11 is 3.35. The molecule has 0 saturated heterocycles. The summed E-state index contributed by atoms with van der Waals surface area (Å²) in [7, 11) is 0. The smallest absolute Gasteiger partial charge is 0.299 e. The lowest BCUT2D eigenvalue weighted by atomic mass is 10.1. The minimum Gasteiger partial charge on any atom is -0.300 e. The van der Waals surface area contributed by atoms with Crippen LogP contribution in [0, 0.1) is 13.8 Å². The van der Waals surface area contributed by atoms with Gasteiger partial charge in [0.15, 0.2) is 0 Å². The van der Waals surface area contributed by atoms with Crippen molar-refractivity contribution in [3.63, 3.8) is 0 Å². The number of carbonyl (C=O) groups is 2. The molecular formula is C17H14BrNO2. The van der Waals surface area contributed by atoms with Crippen molar-refractivity contribution in [2.45, 2.75) is 20.4 Å². The van der Waals surface area contributed by atoms with Crippen molar-refractivity contribution in [3.8, 4) is 0 Å². The van der Waals surface area contributed by atoms with Crippen LogP contribution in [0.3, 0.4) is 0 Å². The molecule has 1 amide bonds. The quantitative estimate of drug-likeness (QED) is 0.778. The molecule has 21 heavy (non-hydrogen) atoms. The number of benzene rings is 2. The monoisotopic (exact) mass is 343 g/mol. The molecule has 0 aromatic heterocycles. The number of rotatable bonds is 2. The first-order chi connectivity index (χ1) is 9.99. The van der Waals surface area contributed by atoms with Crippen LogP contribution in [0.4, 0.5) is 5.69 Å². The lowest BCUT2D eigenvalue weighted by Gasteiger charge is -2.18. The van der Waals surface area contributed by atoms with E-state index in [-0.39, 0.29) is 0 Å². The highest BCUT2D eigenvalue weighted by Gasteiger charge is 2.37. The van der Waals surface area contributed by atoms with Gasteiger partial charge in [0.05, 0.1) is 17.8 Å². The van der Waals surface area contributed by atoms with Gasteiger partial charge in [-0.15, -0.1) is 0 Å². The van der Waals surface area contributed by atoms with Crippen LogP contribution in [-0.2, 0) is 11.3 Å². The molecule has 0 atom stereocenters. The number of fused-ring (bicyclic) bond motifs is 1. The van der Waals surface area contributed by atoms with E-state index in [4.69, 9.17) is 0 Å². The molecule has 0 unspecified atom stereocenters. The van der Waals surface area contributed by atoms with Crippen molar-refractivity contribution in [2.75, 3.05) is 4.90 Å². The number of hydrogen-bond donors (Lipinski definition) is 0. The van der Waals surface area contributed by atoms with Gasteiger partial charge < -0.3 is 4.90 Å². The fourth-order valence-electron chi connectivity index (χ4n) is 2.60. The van der Waals surface area contributed by atoms with E-state index in [1.807, 2.05) is 38.1 Å². The summed E-state index contributed by atoms with van der Waals surface area (Å²) in [6.07, 6.45) is 0. The molecule has 2 aromatic carbocycles. The molecule has 0 aliphatic carbocycles. The third kappa shape index (κ3) is 2.29. The zero-order valence-corrected chi connectivity index (χ0v) is 13.4. The summed E-state index contributed by atoms with van der Waals surface area (Å²) in [6.45, 7) is 4.45. The Hall–Kier alpha value is -1.94. The number of carbonyl (C=O) groups excluding carboxylic acids is 2. The zero-order valence-electron chi connectivity index (χ0n) is 11.8. The third-order valence-corrected chi connectivity index (χ3v) is 4.44. The number of Topliss-reactive ketones (excluding diaryl/α,β-unsaturated/α-hetero) is 1. The van der Waals surface area contributed by atoms with E-state index in [0.717, 1.165) is 16.7 Å². The molecule has 0 fully saturated rings. The molecule has 3 nitrogen and oxygen atoms in total. The topological polar surface area (TPSA) is 37.4 Å². The lowest BCUT2D eigenvalue weighted by Crippen LogP contribution is -2.29. The van der Waals surface area contributed by atoms with Gasteiger partial charge in [0, 0.05) is 4.47 Å². The van der Waals surface area contributed by atoms with E-state index in [2.05, 4.69) is 22.0 Å². The first-order valence-electron chi connectivity index (χ1n) is 6.70. The summed E-state index contributed by atoms with van der Waals surface area (Å²) in [4.78, 5) is 26.0. The normalized spacial score (nSPS) is 13.8. The Morgan fingerprint density at radius 3 is 2.62 bits per heavy atom. The highest BCUT2D eigenvalue weighted by Crippen LogP contribution is 2.35. The largest absolute Gasteiger partial charge is 0.300 e. The first kappa shape index (κ1) is 14.0. The van der Waals surface area contributed by atoms with E-state index < -0.39 is 11.7 Å². The van der Waals surface area contributed by atoms with Crippen molar-refractivity contribution >= 4 is 33.3 Å². The Morgan fingerprint density at radius 1 is 1.10 bits per heavy atom. The fraction of sp³-hybridized carbons (Fsp3) is 0.176. The number of hydrogen-bond acceptors (Lipinski definition) is 2. The van der Waals surface area contributed by atoms with Crippen LogP contribution < -0.4 is 4.90 Å². The van der Waals surface area contributed by atoms with Crippen molar-refractivity contribution < 1.29 is 9.59 Å². The maximum absolute atomic E-state index is 12.3. The van der Waals surface area contributed by atoms with Crippen LogP contribution in [0.5, 0.6) is 0 Å². The van der Waals surface area contributed by atoms with Crippen molar-refractivity contribution in [1.29, 1.82) is 0 Å². The Labute approximate surface area is 131 Å². The van der Waals surface area contributed by atoms with Gasteiger partial charge in [-0.05, 0) is 53.0 Å². The van der Waals surface area contributed by atoms with E-state index in [1.54, 1.807) is 11.0 Å². The van der Waals surface area contributed by atoms with Gasteiger partial charge in [0.1, 0.15) is 0 Å². The minimum atomic E-state index is -0.460. The number of aryl methyl sites for hydroxylation is 2. The van der Waals surface area contributed by atoms with E-state index in [0.29, 0.717) is 22.3 Å². The second-order valence-electron chi connectivity index (χ2n) is 5.28. The molecular weight excluding hydrogens is 330 g/mol. The molecule has 3 rings (SSSR count). The standard InChI is InChI=1S/C17H14BrNO2/c1-10-6-7-11(2)12(8-10)9-19-14-5-3-4-13(18)15(14)16(20)17(19)21/h3-8H,9H2,1-2H3. The Kier molecular flexibility index (Phi) is 3.41.